The summed E-state index contributed by atoms with van der Waals surface area (Å²) in [4.78, 5) is 23.3. The molecule has 1 unspecified atom stereocenters. The summed E-state index contributed by atoms with van der Waals surface area (Å²) in [6.07, 6.45) is -0.496. The van der Waals surface area contributed by atoms with E-state index in [4.69, 9.17) is 13.6 Å². The first-order valence-corrected chi connectivity index (χ1v) is 13.2. The summed E-state index contributed by atoms with van der Waals surface area (Å²) in [6.45, 7) is 18.6. The molecule has 0 aliphatic rings. The van der Waals surface area contributed by atoms with E-state index in [1.807, 2.05) is 0 Å². The van der Waals surface area contributed by atoms with Crippen molar-refractivity contribution in [2.45, 2.75) is 58.8 Å². The van der Waals surface area contributed by atoms with Gasteiger partial charge in [-0.2, -0.15) is 0 Å². The van der Waals surface area contributed by atoms with Crippen LogP contribution in [0.2, 0.25) is 32.2 Å². The van der Waals surface area contributed by atoms with E-state index in [0.29, 0.717) is 6.42 Å². The second-order valence-electron chi connectivity index (χ2n) is 6.42. The van der Waals surface area contributed by atoms with E-state index < -0.39 is 35.6 Å². The average Bonchev–Trinajstić information content (AvgIpc) is 2.33. The summed E-state index contributed by atoms with van der Waals surface area (Å²) in [6, 6.07) is 0.752. The fourth-order valence-electron chi connectivity index (χ4n) is 1.62. The van der Waals surface area contributed by atoms with Crippen molar-refractivity contribution in [1.82, 2.24) is 0 Å². The highest BCUT2D eigenvalue weighted by molar-refractivity contribution is 6.77. The molecule has 0 saturated carbocycles. The van der Waals surface area contributed by atoms with Gasteiger partial charge in [0.15, 0.2) is 17.4 Å². The maximum atomic E-state index is 11.6. The summed E-state index contributed by atoms with van der Waals surface area (Å²) in [5.74, 6) is -1.14. The van der Waals surface area contributed by atoms with Gasteiger partial charge in [-0.1, -0.05) is 13.2 Å². The maximum Gasteiger partial charge on any atom is 0.336 e. The highest BCUT2D eigenvalue weighted by Gasteiger charge is 2.24. The lowest BCUT2D eigenvalue weighted by molar-refractivity contribution is -0.182. The van der Waals surface area contributed by atoms with Gasteiger partial charge in [-0.25, -0.2) is 9.59 Å². The second-order valence-corrected chi connectivity index (χ2v) is 13.8. The molecular formula is C15H28O5Si2. The number of hydrogen-bond acceptors (Lipinski definition) is 5. The van der Waals surface area contributed by atoms with Crippen molar-refractivity contribution in [2.75, 3.05) is 0 Å². The molecule has 0 radical (unpaired) electrons. The molecule has 0 aliphatic heterocycles. The fraction of sp³-hybridized carbons (Fsp3) is 0.600. The van der Waals surface area contributed by atoms with E-state index in [1.54, 1.807) is 13.8 Å². The van der Waals surface area contributed by atoms with Crippen LogP contribution in [0.15, 0.2) is 24.3 Å². The zero-order chi connectivity index (χ0) is 17.5. The molecule has 5 nitrogen and oxygen atoms in total. The molecule has 0 N–H and O–H groups in total. The van der Waals surface area contributed by atoms with Gasteiger partial charge in [0.05, 0.1) is 0 Å². The Hall–Kier alpha value is -1.19. The van der Waals surface area contributed by atoms with Gasteiger partial charge in [-0.05, 0) is 46.1 Å². The zero-order valence-corrected chi connectivity index (χ0v) is 16.7. The van der Waals surface area contributed by atoms with Crippen LogP contribution in [0.1, 0.15) is 20.3 Å². The fourth-order valence-corrected chi connectivity index (χ4v) is 7.66. The minimum atomic E-state index is -1.57. The van der Waals surface area contributed by atoms with Crippen molar-refractivity contribution in [3.8, 4) is 0 Å². The normalized spacial score (nSPS) is 12.7. The van der Waals surface area contributed by atoms with Crippen molar-refractivity contribution in [3.05, 3.63) is 24.3 Å². The lowest BCUT2D eigenvalue weighted by Crippen LogP contribution is -2.34. The number of carbonyl (C=O) groups excluding carboxylic acids is 2. The molecule has 0 heterocycles. The van der Waals surface area contributed by atoms with Gasteiger partial charge < -0.3 is 13.6 Å². The van der Waals surface area contributed by atoms with Crippen molar-refractivity contribution >= 4 is 29.3 Å². The highest BCUT2D eigenvalue weighted by Crippen LogP contribution is 2.15. The Kier molecular flexibility index (Phi) is 8.58. The van der Waals surface area contributed by atoms with E-state index in [2.05, 4.69) is 39.3 Å². The first kappa shape index (κ1) is 20.8. The van der Waals surface area contributed by atoms with Gasteiger partial charge in [0, 0.05) is 17.6 Å². The Morgan fingerprint density at radius 2 is 1.45 bits per heavy atom. The highest BCUT2D eigenvalue weighted by atomic mass is 28.4. The van der Waals surface area contributed by atoms with E-state index in [9.17, 15) is 9.59 Å². The average molecular weight is 345 g/mol. The molecule has 0 saturated heterocycles. The molecule has 22 heavy (non-hydrogen) atoms. The van der Waals surface area contributed by atoms with Gasteiger partial charge >= 0.3 is 11.9 Å². The van der Waals surface area contributed by atoms with Crippen LogP contribution in [0.4, 0.5) is 0 Å². The predicted molar refractivity (Wildman–Crippen MR) is 92.5 cm³/mol. The Morgan fingerprint density at radius 1 is 1.05 bits per heavy atom. The molecule has 0 fully saturated rings. The van der Waals surface area contributed by atoms with Crippen LogP contribution < -0.4 is 0 Å². The van der Waals surface area contributed by atoms with E-state index in [-0.39, 0.29) is 11.1 Å². The van der Waals surface area contributed by atoms with Gasteiger partial charge in [0.1, 0.15) is 0 Å². The summed E-state index contributed by atoms with van der Waals surface area (Å²) >= 11 is 0. The minimum Gasteiger partial charge on any atom is -0.458 e. The first-order chi connectivity index (χ1) is 9.92. The maximum absolute atomic E-state index is 11.6. The number of hydrogen-bond donors (Lipinski definition) is 0. The minimum absolute atomic E-state index is 0.264. The molecule has 0 aliphatic carbocycles. The quantitative estimate of drug-likeness (QED) is 0.278. The van der Waals surface area contributed by atoms with Crippen molar-refractivity contribution in [1.29, 1.82) is 0 Å². The van der Waals surface area contributed by atoms with Gasteiger partial charge in [-0.3, -0.25) is 0 Å². The van der Waals surface area contributed by atoms with Crippen LogP contribution in [-0.2, 0) is 23.2 Å². The Bertz CT molecular complexity index is 412. The van der Waals surface area contributed by atoms with E-state index in [1.165, 1.54) is 0 Å². The summed E-state index contributed by atoms with van der Waals surface area (Å²) in [5, 5.41) is 0. The molecule has 0 aromatic heterocycles. The van der Waals surface area contributed by atoms with Gasteiger partial charge in [0.2, 0.25) is 6.29 Å². The SMILES string of the molecule is C=C(C)C(=O)OC(CC[SiH](C)O[Si](C)(C)C)OC(=O)C(=C)C. The molecule has 0 aromatic carbocycles. The van der Waals surface area contributed by atoms with Crippen molar-refractivity contribution < 1.29 is 23.2 Å². The number of ether oxygens (including phenoxy) is 2. The lowest BCUT2D eigenvalue weighted by atomic mass is 10.3. The molecule has 126 valence electrons. The van der Waals surface area contributed by atoms with Crippen LogP contribution in [-0.4, -0.2) is 35.6 Å². The van der Waals surface area contributed by atoms with Crippen molar-refractivity contribution in [3.63, 3.8) is 0 Å². The van der Waals surface area contributed by atoms with Crippen LogP contribution in [0, 0.1) is 0 Å². The molecule has 7 heteroatoms. The molecule has 1 atom stereocenters. The summed E-state index contributed by atoms with van der Waals surface area (Å²) < 4.78 is 16.4. The molecule has 0 amide bonds. The Morgan fingerprint density at radius 3 is 1.77 bits per heavy atom. The largest absolute Gasteiger partial charge is 0.458 e. The Labute approximate surface area is 136 Å². The predicted octanol–water partition coefficient (Wildman–Crippen LogP) is 3.15. The van der Waals surface area contributed by atoms with Gasteiger partial charge in [-0.15, -0.1) is 0 Å². The van der Waals surface area contributed by atoms with Crippen LogP contribution in [0.25, 0.3) is 0 Å². The molecule has 0 spiro atoms. The van der Waals surface area contributed by atoms with Crippen molar-refractivity contribution in [2.24, 2.45) is 0 Å². The smallest absolute Gasteiger partial charge is 0.336 e. The number of carbonyl (C=O) groups is 2. The first-order valence-electron chi connectivity index (χ1n) is 7.33. The number of esters is 2. The van der Waals surface area contributed by atoms with E-state index >= 15 is 0 Å². The molecular weight excluding hydrogens is 316 g/mol. The molecule has 0 rings (SSSR count). The third-order valence-electron chi connectivity index (χ3n) is 2.54. The third kappa shape index (κ3) is 9.70. The molecule has 0 bridgehead atoms. The second kappa shape index (κ2) is 9.07. The van der Waals surface area contributed by atoms with Gasteiger partial charge in [0.25, 0.3) is 0 Å². The third-order valence-corrected chi connectivity index (χ3v) is 8.12. The number of rotatable bonds is 9. The van der Waals surface area contributed by atoms with Crippen LogP contribution in [0.3, 0.4) is 0 Å². The monoisotopic (exact) mass is 344 g/mol. The van der Waals surface area contributed by atoms with Crippen LogP contribution >= 0.6 is 0 Å². The molecule has 0 aromatic rings. The Balaban J connectivity index is 4.65. The topological polar surface area (TPSA) is 61.8 Å². The summed E-state index contributed by atoms with van der Waals surface area (Å²) in [5.41, 5.74) is 0.528. The standard InChI is InChI=1S/C15H28O5Si2/c1-11(2)14(16)18-13(19-15(17)12(3)4)9-10-21(5)20-22(6,7)8/h13,21H,1,3,9-10H2,2,4-8H3. The lowest BCUT2D eigenvalue weighted by Gasteiger charge is -2.24. The zero-order valence-electron chi connectivity index (χ0n) is 14.5. The van der Waals surface area contributed by atoms with Crippen LogP contribution in [0.5, 0.6) is 0 Å². The summed E-state index contributed by atoms with van der Waals surface area (Å²) in [7, 11) is -2.96. The van der Waals surface area contributed by atoms with E-state index in [0.717, 1.165) is 6.04 Å².